The quantitative estimate of drug-likeness (QED) is 0.179. The van der Waals surface area contributed by atoms with Gasteiger partial charge >= 0.3 is 5.97 Å². The Bertz CT molecular complexity index is 1830. The Labute approximate surface area is 236 Å². The summed E-state index contributed by atoms with van der Waals surface area (Å²) in [4.78, 5) is 45.9. The minimum atomic E-state index is -0.795. The minimum absolute atomic E-state index is 0.134. The number of hydrogen-bond acceptors (Lipinski definition) is 9. The monoisotopic (exact) mass is 576 g/mol. The summed E-state index contributed by atoms with van der Waals surface area (Å²) in [5.41, 5.74) is 1.58. The average Bonchev–Trinajstić information content (AvgIpc) is 3.24. The lowest BCUT2D eigenvalue weighted by atomic mass is 9.96. The minimum Gasteiger partial charge on any atom is -0.463 e. The number of thiazole rings is 1. The van der Waals surface area contributed by atoms with Crippen molar-refractivity contribution < 1.29 is 19.2 Å². The fraction of sp³-hybridized carbons (Fsp3) is 0.143. The van der Waals surface area contributed by atoms with Crippen LogP contribution in [0.1, 0.15) is 31.0 Å². The Morgan fingerprint density at radius 1 is 1.18 bits per heavy atom. The van der Waals surface area contributed by atoms with Gasteiger partial charge in [-0.15, -0.1) is 0 Å². The Kier molecular flexibility index (Phi) is 7.58. The summed E-state index contributed by atoms with van der Waals surface area (Å²) in [5, 5.41) is 11.2. The van der Waals surface area contributed by atoms with Gasteiger partial charge in [-0.2, -0.15) is 0 Å². The van der Waals surface area contributed by atoms with Crippen molar-refractivity contribution in [1.82, 2.24) is 9.55 Å². The molecule has 0 unspecified atom stereocenters. The van der Waals surface area contributed by atoms with E-state index in [1.54, 1.807) is 68.5 Å². The van der Waals surface area contributed by atoms with Crippen molar-refractivity contribution in [1.29, 1.82) is 0 Å². The highest BCUT2D eigenvalue weighted by Gasteiger charge is 2.34. The van der Waals surface area contributed by atoms with Crippen molar-refractivity contribution in [3.05, 3.63) is 124 Å². The molecule has 1 atom stereocenters. The molecule has 0 aliphatic carbocycles. The molecule has 1 aliphatic rings. The zero-order chi connectivity index (χ0) is 28.4. The molecule has 2 aromatic heterocycles. The lowest BCUT2D eigenvalue weighted by Gasteiger charge is -2.25. The number of aromatic nitrogens is 2. The standard InChI is InChI=1S/C28H21ClN4O6S/c1-3-38-27(35)24-16(2)31-28-32(25(24)20-6-4-5-7-21(20)29)26(34)22(40-28)14-17-8-11-19(12-9-17)39-23-13-10-18(15-30-23)33(36)37/h4-15,25H,3H2,1-2H3/b22-14+/t25-/m0/s1. The molecule has 0 saturated heterocycles. The van der Waals surface area contributed by atoms with Gasteiger partial charge in [-0.25, -0.2) is 14.8 Å². The maximum Gasteiger partial charge on any atom is 0.338 e. The number of hydrogen-bond donors (Lipinski definition) is 0. The zero-order valence-corrected chi connectivity index (χ0v) is 22.8. The first-order valence-electron chi connectivity index (χ1n) is 12.1. The van der Waals surface area contributed by atoms with Gasteiger partial charge in [0.1, 0.15) is 18.0 Å². The van der Waals surface area contributed by atoms with Crippen LogP contribution in [0.3, 0.4) is 0 Å². The fourth-order valence-corrected chi connectivity index (χ4v) is 5.51. The second kappa shape index (κ2) is 11.2. The molecule has 202 valence electrons. The molecule has 1 aliphatic heterocycles. The van der Waals surface area contributed by atoms with E-state index in [-0.39, 0.29) is 29.3 Å². The molecule has 0 saturated carbocycles. The number of halogens is 1. The van der Waals surface area contributed by atoms with Crippen molar-refractivity contribution in [3.63, 3.8) is 0 Å². The summed E-state index contributed by atoms with van der Waals surface area (Å²) in [6.07, 6.45) is 2.85. The third-order valence-corrected chi connectivity index (χ3v) is 7.38. The number of allylic oxidation sites excluding steroid dienone is 1. The van der Waals surface area contributed by atoms with Crippen LogP contribution in [0.4, 0.5) is 5.69 Å². The van der Waals surface area contributed by atoms with Gasteiger partial charge in [0.2, 0.25) is 5.88 Å². The van der Waals surface area contributed by atoms with Crippen LogP contribution in [0.5, 0.6) is 11.6 Å². The molecule has 40 heavy (non-hydrogen) atoms. The first-order valence-corrected chi connectivity index (χ1v) is 13.3. The maximum absolute atomic E-state index is 13.7. The Hall–Kier alpha value is -4.61. The molecule has 0 bridgehead atoms. The lowest BCUT2D eigenvalue weighted by Crippen LogP contribution is -2.40. The molecular formula is C28H21ClN4O6S. The predicted molar refractivity (Wildman–Crippen MR) is 149 cm³/mol. The lowest BCUT2D eigenvalue weighted by molar-refractivity contribution is -0.385. The van der Waals surface area contributed by atoms with Gasteiger partial charge in [0.15, 0.2) is 4.80 Å². The van der Waals surface area contributed by atoms with Crippen LogP contribution < -0.4 is 19.6 Å². The molecule has 0 N–H and O–H groups in total. The Morgan fingerprint density at radius 3 is 2.58 bits per heavy atom. The summed E-state index contributed by atoms with van der Waals surface area (Å²) in [6.45, 7) is 3.60. The van der Waals surface area contributed by atoms with Gasteiger partial charge in [-0.3, -0.25) is 19.5 Å². The van der Waals surface area contributed by atoms with E-state index in [9.17, 15) is 19.7 Å². The topological polar surface area (TPSA) is 126 Å². The predicted octanol–water partition coefficient (Wildman–Crippen LogP) is 4.55. The smallest absolute Gasteiger partial charge is 0.338 e. The van der Waals surface area contributed by atoms with Crippen molar-refractivity contribution >= 4 is 40.7 Å². The molecule has 10 nitrogen and oxygen atoms in total. The number of esters is 1. The van der Waals surface area contributed by atoms with Crippen LogP contribution in [0.15, 0.2) is 87.9 Å². The Morgan fingerprint density at radius 2 is 1.93 bits per heavy atom. The summed E-state index contributed by atoms with van der Waals surface area (Å²) in [6, 6.07) is 15.9. The van der Waals surface area contributed by atoms with Gasteiger partial charge < -0.3 is 9.47 Å². The first-order chi connectivity index (χ1) is 19.3. The van der Waals surface area contributed by atoms with E-state index in [0.29, 0.717) is 31.4 Å². The van der Waals surface area contributed by atoms with Gasteiger partial charge in [-0.05, 0) is 49.2 Å². The number of carbonyl (C=O) groups excluding carboxylic acids is 1. The largest absolute Gasteiger partial charge is 0.463 e. The number of fused-ring (bicyclic) bond motifs is 1. The molecule has 0 spiro atoms. The molecule has 2 aromatic carbocycles. The highest BCUT2D eigenvalue weighted by molar-refractivity contribution is 7.07. The second-order valence-electron chi connectivity index (χ2n) is 8.61. The summed E-state index contributed by atoms with van der Waals surface area (Å²) >= 11 is 7.74. The van der Waals surface area contributed by atoms with Crippen LogP contribution in [0, 0.1) is 10.1 Å². The maximum atomic E-state index is 13.7. The molecule has 0 fully saturated rings. The molecule has 0 radical (unpaired) electrons. The number of nitro groups is 1. The Balaban J connectivity index is 1.51. The van der Waals surface area contributed by atoms with Gasteiger partial charge in [-0.1, -0.05) is 53.3 Å². The fourth-order valence-electron chi connectivity index (χ4n) is 4.23. The first kappa shape index (κ1) is 27.0. The number of rotatable bonds is 7. The zero-order valence-electron chi connectivity index (χ0n) is 21.2. The van der Waals surface area contributed by atoms with Gasteiger partial charge in [0, 0.05) is 17.2 Å². The van der Waals surface area contributed by atoms with E-state index in [1.165, 1.54) is 28.0 Å². The highest BCUT2D eigenvalue weighted by Crippen LogP contribution is 2.34. The van der Waals surface area contributed by atoms with Crippen LogP contribution in [-0.4, -0.2) is 27.1 Å². The van der Waals surface area contributed by atoms with Crippen molar-refractivity contribution in [3.8, 4) is 11.6 Å². The van der Waals surface area contributed by atoms with Gasteiger partial charge in [0.05, 0.1) is 27.3 Å². The van der Waals surface area contributed by atoms with E-state index in [0.717, 1.165) is 11.8 Å². The number of pyridine rings is 1. The summed E-state index contributed by atoms with van der Waals surface area (Å²) in [7, 11) is 0. The van der Waals surface area contributed by atoms with Crippen LogP contribution in [-0.2, 0) is 9.53 Å². The van der Waals surface area contributed by atoms with Crippen molar-refractivity contribution in [2.45, 2.75) is 19.9 Å². The van der Waals surface area contributed by atoms with Crippen LogP contribution >= 0.6 is 22.9 Å². The average molecular weight is 577 g/mol. The molecular weight excluding hydrogens is 556 g/mol. The number of ether oxygens (including phenoxy) is 2. The third-order valence-electron chi connectivity index (χ3n) is 6.05. The van der Waals surface area contributed by atoms with Crippen LogP contribution in [0.2, 0.25) is 5.02 Å². The molecule has 12 heteroatoms. The number of nitrogens with zero attached hydrogens (tertiary/aromatic N) is 4. The SMILES string of the molecule is CCOC(=O)C1=C(C)N=c2s/c(=C/c3ccc(Oc4ccc([N+](=O)[O-])cn4)cc3)c(=O)n2[C@H]1c1ccccc1Cl. The van der Waals surface area contributed by atoms with Crippen molar-refractivity contribution in [2.24, 2.45) is 4.99 Å². The second-order valence-corrected chi connectivity index (χ2v) is 10.0. The molecule has 4 aromatic rings. The third kappa shape index (κ3) is 5.29. The molecule has 0 amide bonds. The number of benzene rings is 2. The van der Waals surface area contributed by atoms with Crippen molar-refractivity contribution in [2.75, 3.05) is 6.61 Å². The van der Waals surface area contributed by atoms with E-state index < -0.39 is 16.9 Å². The van der Waals surface area contributed by atoms with E-state index in [1.807, 2.05) is 0 Å². The summed E-state index contributed by atoms with van der Waals surface area (Å²) < 4.78 is 12.9. The van der Waals surface area contributed by atoms with E-state index in [4.69, 9.17) is 21.1 Å². The number of carbonyl (C=O) groups is 1. The normalized spacial score (nSPS) is 14.9. The summed E-state index contributed by atoms with van der Waals surface area (Å²) in [5.74, 6) is 0.119. The molecule has 5 rings (SSSR count). The van der Waals surface area contributed by atoms with E-state index >= 15 is 0 Å². The molecule has 3 heterocycles. The van der Waals surface area contributed by atoms with Crippen LogP contribution in [0.25, 0.3) is 6.08 Å². The van der Waals surface area contributed by atoms with E-state index in [2.05, 4.69) is 9.98 Å². The van der Waals surface area contributed by atoms with Gasteiger partial charge in [0.25, 0.3) is 11.2 Å². The highest BCUT2D eigenvalue weighted by atomic mass is 35.5.